The smallest absolute Gasteiger partial charge is 0.266 e. The van der Waals surface area contributed by atoms with Crippen LogP contribution in [0, 0.1) is 6.92 Å². The lowest BCUT2D eigenvalue weighted by Gasteiger charge is -2.23. The number of amides is 1. The number of hydrogen-bond acceptors (Lipinski definition) is 10. The van der Waals surface area contributed by atoms with Crippen LogP contribution in [0.1, 0.15) is 58.3 Å². The first kappa shape index (κ1) is 25.0. The Kier molecular flexibility index (Phi) is 6.49. The van der Waals surface area contributed by atoms with Gasteiger partial charge in [0.1, 0.15) is 10.7 Å². The van der Waals surface area contributed by atoms with E-state index < -0.39 is 5.54 Å². The van der Waals surface area contributed by atoms with E-state index >= 15 is 0 Å². The van der Waals surface area contributed by atoms with Gasteiger partial charge in [0.2, 0.25) is 5.89 Å². The monoisotopic (exact) mass is 541 g/mol. The third-order valence-electron chi connectivity index (χ3n) is 6.70. The van der Waals surface area contributed by atoms with Crippen molar-refractivity contribution in [3.8, 4) is 17.4 Å². The minimum Gasteiger partial charge on any atom is -0.417 e. The molecule has 12 heteroatoms. The SMILES string of the molecule is Cc1csc(C2CCCN2C(=O)c2cc(-c3nnc(C(C)(N)Cc4ccccc4)o3)nc(-n3ccnn3)c2)n1. The van der Waals surface area contributed by atoms with Crippen LogP contribution in [0.15, 0.2) is 64.7 Å². The maximum Gasteiger partial charge on any atom is 0.266 e. The molecule has 0 radical (unpaired) electrons. The molecule has 198 valence electrons. The van der Waals surface area contributed by atoms with E-state index in [4.69, 9.17) is 10.2 Å². The highest BCUT2D eigenvalue weighted by molar-refractivity contribution is 7.09. The first-order chi connectivity index (χ1) is 18.9. The molecule has 5 aromatic rings. The second-order valence-corrected chi connectivity index (χ2v) is 10.8. The van der Waals surface area contributed by atoms with Gasteiger partial charge < -0.3 is 15.1 Å². The van der Waals surface area contributed by atoms with Crippen LogP contribution in [0.5, 0.6) is 0 Å². The summed E-state index contributed by atoms with van der Waals surface area (Å²) in [6.45, 7) is 4.46. The topological polar surface area (TPSA) is 142 Å². The minimum absolute atomic E-state index is 0.0615. The fraction of sp³-hybridized carbons (Fsp3) is 0.296. The second-order valence-electron chi connectivity index (χ2n) is 9.92. The molecule has 1 aliphatic rings. The summed E-state index contributed by atoms with van der Waals surface area (Å²) < 4.78 is 7.54. The number of aryl methyl sites for hydroxylation is 1. The largest absolute Gasteiger partial charge is 0.417 e. The molecule has 1 fully saturated rings. The van der Waals surface area contributed by atoms with Crippen molar-refractivity contribution in [3.05, 3.63) is 88.0 Å². The molecule has 1 aromatic carbocycles. The third-order valence-corrected chi connectivity index (χ3v) is 7.76. The standard InChI is InChI=1S/C27H27N9O2S/c1-17-16-39-24(30-17)21-9-6-11-35(21)25(37)19-13-20(31-22(14-19)36-12-10-29-34-36)23-32-33-26(38-23)27(2,28)15-18-7-4-3-5-8-18/h3-5,7-8,10,12-14,16,21H,6,9,11,15,28H2,1-2H3. The van der Waals surface area contributed by atoms with Crippen LogP contribution in [0.25, 0.3) is 17.4 Å². The van der Waals surface area contributed by atoms with Crippen molar-refractivity contribution in [2.45, 2.75) is 44.7 Å². The van der Waals surface area contributed by atoms with Crippen molar-refractivity contribution in [1.82, 2.24) is 40.1 Å². The number of thiazole rings is 1. The molecule has 2 unspecified atom stereocenters. The first-order valence-electron chi connectivity index (χ1n) is 12.7. The third kappa shape index (κ3) is 5.08. The van der Waals surface area contributed by atoms with Gasteiger partial charge in [-0.25, -0.2) is 14.6 Å². The van der Waals surface area contributed by atoms with Gasteiger partial charge in [0.25, 0.3) is 11.8 Å². The van der Waals surface area contributed by atoms with Gasteiger partial charge in [0, 0.05) is 23.2 Å². The molecule has 2 N–H and O–H groups in total. The number of hydrogen-bond donors (Lipinski definition) is 1. The van der Waals surface area contributed by atoms with E-state index in [1.54, 1.807) is 35.9 Å². The summed E-state index contributed by atoms with van der Waals surface area (Å²) in [5.74, 6) is 0.733. The molecule has 1 saturated heterocycles. The fourth-order valence-electron chi connectivity index (χ4n) is 4.81. The van der Waals surface area contributed by atoms with Crippen LogP contribution in [-0.4, -0.2) is 52.5 Å². The molecule has 0 bridgehead atoms. The zero-order chi connectivity index (χ0) is 27.0. The number of aromatic nitrogens is 7. The Labute approximate surface area is 228 Å². The van der Waals surface area contributed by atoms with E-state index in [1.807, 2.05) is 54.5 Å². The van der Waals surface area contributed by atoms with Crippen LogP contribution in [0.3, 0.4) is 0 Å². The van der Waals surface area contributed by atoms with Crippen LogP contribution >= 0.6 is 11.3 Å². The molecular formula is C27H27N9O2S. The Morgan fingerprint density at radius 1 is 1.21 bits per heavy atom. The predicted molar refractivity (Wildman–Crippen MR) is 144 cm³/mol. The van der Waals surface area contributed by atoms with Crippen LogP contribution in [0.4, 0.5) is 0 Å². The predicted octanol–water partition coefficient (Wildman–Crippen LogP) is 3.87. The Balaban J connectivity index is 1.35. The highest BCUT2D eigenvalue weighted by Gasteiger charge is 2.34. The van der Waals surface area contributed by atoms with Gasteiger partial charge in [-0.3, -0.25) is 4.79 Å². The summed E-state index contributed by atoms with van der Waals surface area (Å²) in [5.41, 5.74) is 8.49. The quantitative estimate of drug-likeness (QED) is 0.325. The number of carbonyl (C=O) groups is 1. The average Bonchev–Trinajstić information content (AvgIpc) is 3.74. The number of benzene rings is 1. The van der Waals surface area contributed by atoms with Crippen molar-refractivity contribution in [2.75, 3.05) is 6.54 Å². The molecule has 2 atom stereocenters. The van der Waals surface area contributed by atoms with Crippen molar-refractivity contribution >= 4 is 17.2 Å². The van der Waals surface area contributed by atoms with E-state index in [2.05, 4.69) is 30.5 Å². The van der Waals surface area contributed by atoms with Gasteiger partial charge in [-0.1, -0.05) is 35.5 Å². The first-order valence-corrected chi connectivity index (χ1v) is 13.5. The van der Waals surface area contributed by atoms with Gasteiger partial charge in [0.15, 0.2) is 5.82 Å². The van der Waals surface area contributed by atoms with E-state index in [-0.39, 0.29) is 23.7 Å². The summed E-state index contributed by atoms with van der Waals surface area (Å²) >= 11 is 1.58. The molecule has 1 aliphatic heterocycles. The number of carbonyl (C=O) groups excluding carboxylic acids is 1. The van der Waals surface area contributed by atoms with Crippen molar-refractivity contribution < 1.29 is 9.21 Å². The fourth-order valence-corrected chi connectivity index (χ4v) is 5.75. The maximum atomic E-state index is 13.9. The second kappa shape index (κ2) is 10.1. The van der Waals surface area contributed by atoms with E-state index in [0.29, 0.717) is 30.0 Å². The molecule has 1 amide bonds. The van der Waals surface area contributed by atoms with Crippen LogP contribution < -0.4 is 5.73 Å². The lowest BCUT2D eigenvalue weighted by atomic mass is 9.94. The number of nitrogens with zero attached hydrogens (tertiary/aromatic N) is 8. The number of likely N-dealkylation sites (tertiary alicyclic amines) is 1. The number of nitrogens with two attached hydrogens (primary N) is 1. The Bertz CT molecular complexity index is 1590. The molecule has 11 nitrogen and oxygen atoms in total. The van der Waals surface area contributed by atoms with Crippen LogP contribution in [0.2, 0.25) is 0 Å². The maximum absolute atomic E-state index is 13.9. The van der Waals surface area contributed by atoms with Crippen LogP contribution in [-0.2, 0) is 12.0 Å². The van der Waals surface area contributed by atoms with Gasteiger partial charge >= 0.3 is 0 Å². The molecule has 6 rings (SSSR count). The van der Waals surface area contributed by atoms with Crippen molar-refractivity contribution in [2.24, 2.45) is 5.73 Å². The summed E-state index contributed by atoms with van der Waals surface area (Å²) in [7, 11) is 0. The Morgan fingerprint density at radius 3 is 2.79 bits per heavy atom. The summed E-state index contributed by atoms with van der Waals surface area (Å²) in [6, 6.07) is 13.2. The molecule has 0 saturated carbocycles. The average molecular weight is 542 g/mol. The molecule has 4 aromatic heterocycles. The summed E-state index contributed by atoms with van der Waals surface area (Å²) in [6.07, 6.45) is 5.50. The van der Waals surface area contributed by atoms with Crippen molar-refractivity contribution in [1.29, 1.82) is 0 Å². The van der Waals surface area contributed by atoms with E-state index in [0.717, 1.165) is 29.1 Å². The lowest BCUT2D eigenvalue weighted by Crippen LogP contribution is -2.35. The van der Waals surface area contributed by atoms with Gasteiger partial charge in [0.05, 0.1) is 24.0 Å². The Hall–Kier alpha value is -4.29. The zero-order valence-corrected chi connectivity index (χ0v) is 22.4. The van der Waals surface area contributed by atoms with Gasteiger partial charge in [-0.2, -0.15) is 0 Å². The van der Waals surface area contributed by atoms with Gasteiger partial charge in [-0.15, -0.1) is 26.6 Å². The van der Waals surface area contributed by atoms with E-state index in [9.17, 15) is 4.79 Å². The number of rotatable bonds is 7. The highest BCUT2D eigenvalue weighted by Crippen LogP contribution is 2.35. The summed E-state index contributed by atoms with van der Waals surface area (Å²) in [5, 5.41) is 19.4. The molecule has 0 spiro atoms. The lowest BCUT2D eigenvalue weighted by molar-refractivity contribution is 0.0735. The summed E-state index contributed by atoms with van der Waals surface area (Å²) in [4.78, 5) is 25.0. The molecule has 5 heterocycles. The minimum atomic E-state index is -0.899. The van der Waals surface area contributed by atoms with E-state index in [1.165, 1.54) is 4.68 Å². The molecular weight excluding hydrogens is 514 g/mol. The molecule has 0 aliphatic carbocycles. The van der Waals surface area contributed by atoms with Gasteiger partial charge in [-0.05, 0) is 50.8 Å². The normalized spacial score (nSPS) is 16.9. The highest BCUT2D eigenvalue weighted by atomic mass is 32.1. The zero-order valence-electron chi connectivity index (χ0n) is 21.6. The Morgan fingerprint density at radius 2 is 2.05 bits per heavy atom. The number of pyridine rings is 1. The molecule has 39 heavy (non-hydrogen) atoms. The van der Waals surface area contributed by atoms with Crippen molar-refractivity contribution in [3.63, 3.8) is 0 Å².